The van der Waals surface area contributed by atoms with Gasteiger partial charge in [0.1, 0.15) is 17.9 Å². The van der Waals surface area contributed by atoms with Gasteiger partial charge in [-0.1, -0.05) is 27.7 Å². The zero-order chi connectivity index (χ0) is 17.9. The van der Waals surface area contributed by atoms with Gasteiger partial charge < -0.3 is 15.6 Å². The van der Waals surface area contributed by atoms with E-state index < -0.39 is 35.6 Å². The molecule has 9 heteroatoms. The molecule has 0 spiro atoms. The number of aliphatic hydroxyl groups excluding tert-OH is 1. The molecule has 1 saturated heterocycles. The van der Waals surface area contributed by atoms with Crippen molar-refractivity contribution in [2.75, 3.05) is 12.3 Å². The average Bonchev–Trinajstić information content (AvgIpc) is 2.98. The molecule has 0 aliphatic carbocycles. The Bertz CT molecular complexity index is 781. The minimum absolute atomic E-state index is 0. The molecule has 135 valence electrons. The Morgan fingerprint density at radius 2 is 1.96 bits per heavy atom. The molecule has 1 aliphatic heterocycles. The molecule has 6 nitrogen and oxygen atoms in total. The van der Waals surface area contributed by atoms with E-state index in [-0.39, 0.29) is 32.7 Å². The summed E-state index contributed by atoms with van der Waals surface area (Å²) < 4.78 is 35.2. The first-order chi connectivity index (χ1) is 11.1. The van der Waals surface area contributed by atoms with E-state index in [0.29, 0.717) is 17.0 Å². The van der Waals surface area contributed by atoms with Crippen LogP contribution in [0, 0.1) is 10.8 Å². The second-order valence-corrected chi connectivity index (χ2v) is 7.39. The Labute approximate surface area is 170 Å². The van der Waals surface area contributed by atoms with Crippen LogP contribution < -0.4 is 5.73 Å². The predicted octanol–water partition coefficient (Wildman–Crippen LogP) is 2.43. The summed E-state index contributed by atoms with van der Waals surface area (Å²) in [5.41, 5.74) is 3.40. The summed E-state index contributed by atoms with van der Waals surface area (Å²) in [6.45, 7) is 6.36. The number of rotatable bonds is 3. The number of nitrogen functional groups attached to an aromatic ring is 1. The predicted molar refractivity (Wildman–Crippen MR) is 84.6 cm³/mol. The number of halogens is 2. The quantitative estimate of drug-likeness (QED) is 0.783. The van der Waals surface area contributed by atoms with Crippen LogP contribution in [0.5, 0.6) is 0 Å². The van der Waals surface area contributed by atoms with Gasteiger partial charge >= 0.3 is 0 Å². The third-order valence-corrected chi connectivity index (χ3v) is 6.02. The summed E-state index contributed by atoms with van der Waals surface area (Å²) in [4.78, 5) is 3.93. The van der Waals surface area contributed by atoms with Gasteiger partial charge in [-0.05, 0) is 12.1 Å². The van der Waals surface area contributed by atoms with Crippen LogP contribution >= 0.6 is 0 Å². The van der Waals surface area contributed by atoms with Crippen LogP contribution in [-0.2, 0) is 37.4 Å². The van der Waals surface area contributed by atoms with Gasteiger partial charge in [0, 0.05) is 43.5 Å². The van der Waals surface area contributed by atoms with Crippen molar-refractivity contribution in [3.8, 4) is 0 Å². The second-order valence-electron chi connectivity index (χ2n) is 7.39. The van der Waals surface area contributed by atoms with Crippen LogP contribution in [0.3, 0.4) is 0 Å². The van der Waals surface area contributed by atoms with E-state index >= 15 is 0 Å². The molecule has 0 saturated carbocycles. The second kappa shape index (κ2) is 6.48. The standard InChI is InChI=1S/C16H22F2N4O2.Y/c1-14(2)11(24-16(7-23,13(17)18)15(14,3)4)9-5-6-10-12(19)20-8-21-22(9)10;/h5-6,8,11,13,23H,7H2,1-4H3,(H2,19,20,21);/t11-,16-;/m0./s1. The molecule has 0 unspecified atom stereocenters. The first-order valence-corrected chi connectivity index (χ1v) is 7.75. The molecule has 3 heterocycles. The average molecular weight is 429 g/mol. The van der Waals surface area contributed by atoms with Gasteiger partial charge in [-0.2, -0.15) is 5.10 Å². The first kappa shape index (κ1) is 20.6. The zero-order valence-corrected chi connectivity index (χ0v) is 17.5. The van der Waals surface area contributed by atoms with E-state index in [1.165, 1.54) is 6.33 Å². The molecule has 25 heavy (non-hydrogen) atoms. The van der Waals surface area contributed by atoms with Crippen molar-refractivity contribution in [3.63, 3.8) is 0 Å². The number of nitrogens with zero attached hydrogens (tertiary/aromatic N) is 3. The number of nitrogens with two attached hydrogens (primary N) is 1. The summed E-state index contributed by atoms with van der Waals surface area (Å²) in [5.74, 6) is 0.300. The Balaban J connectivity index is 0.00000225. The Morgan fingerprint density at radius 1 is 1.32 bits per heavy atom. The number of anilines is 1. The molecule has 3 N–H and O–H groups in total. The SMILES string of the molecule is CC1(C)[C@H](c2ccc3c(N)ncnn23)O[C@@](CO)(C(F)F)C1(C)C.[Y]. The van der Waals surface area contributed by atoms with Crippen LogP contribution in [0.1, 0.15) is 39.5 Å². The molecule has 1 fully saturated rings. The van der Waals surface area contributed by atoms with E-state index in [1.54, 1.807) is 30.5 Å². The van der Waals surface area contributed by atoms with Gasteiger partial charge in [0.05, 0.1) is 12.3 Å². The molecule has 2 aromatic rings. The smallest absolute Gasteiger partial charge is 0.269 e. The molecule has 3 rings (SSSR count). The van der Waals surface area contributed by atoms with Gasteiger partial charge in [-0.3, -0.25) is 0 Å². The summed E-state index contributed by atoms with van der Waals surface area (Å²) in [5, 5.41) is 13.9. The van der Waals surface area contributed by atoms with Crippen molar-refractivity contribution in [3.05, 3.63) is 24.2 Å². The summed E-state index contributed by atoms with van der Waals surface area (Å²) in [7, 11) is 0. The van der Waals surface area contributed by atoms with Gasteiger partial charge in [0.15, 0.2) is 11.4 Å². The van der Waals surface area contributed by atoms with Gasteiger partial charge in [-0.15, -0.1) is 0 Å². The number of hydrogen-bond acceptors (Lipinski definition) is 5. The maximum Gasteiger partial charge on any atom is 0.269 e. The van der Waals surface area contributed by atoms with E-state index in [2.05, 4.69) is 10.1 Å². The normalized spacial score (nSPS) is 27.6. The van der Waals surface area contributed by atoms with Crippen LogP contribution in [0.25, 0.3) is 5.52 Å². The third kappa shape index (κ3) is 2.56. The molecular formula is C16H22F2N4O2Y. The van der Waals surface area contributed by atoms with E-state index in [9.17, 15) is 13.9 Å². The number of fused-ring (bicyclic) bond motifs is 1. The summed E-state index contributed by atoms with van der Waals surface area (Å²) in [6.07, 6.45) is -2.20. The van der Waals surface area contributed by atoms with Gasteiger partial charge in [0.2, 0.25) is 0 Å². The topological polar surface area (TPSA) is 85.7 Å². The van der Waals surface area contributed by atoms with Crippen molar-refractivity contribution >= 4 is 11.3 Å². The Morgan fingerprint density at radius 3 is 2.48 bits per heavy atom. The van der Waals surface area contributed by atoms with E-state index in [4.69, 9.17) is 10.5 Å². The van der Waals surface area contributed by atoms with Crippen LogP contribution in [0.2, 0.25) is 0 Å². The van der Waals surface area contributed by atoms with Crippen molar-refractivity contribution in [1.82, 2.24) is 14.6 Å². The summed E-state index contributed by atoms with van der Waals surface area (Å²) in [6, 6.07) is 3.49. The van der Waals surface area contributed by atoms with Crippen LogP contribution in [-0.4, -0.2) is 38.3 Å². The monoisotopic (exact) mass is 429 g/mol. The van der Waals surface area contributed by atoms with Gasteiger partial charge in [0.25, 0.3) is 6.43 Å². The van der Waals surface area contributed by atoms with Gasteiger partial charge in [-0.25, -0.2) is 18.3 Å². The first-order valence-electron chi connectivity index (χ1n) is 7.75. The van der Waals surface area contributed by atoms with E-state index in [1.807, 2.05) is 13.8 Å². The fourth-order valence-corrected chi connectivity index (χ4v) is 3.61. The maximum absolute atomic E-state index is 13.9. The number of aliphatic hydroxyl groups is 1. The molecule has 0 amide bonds. The molecule has 1 aliphatic rings. The summed E-state index contributed by atoms with van der Waals surface area (Å²) >= 11 is 0. The van der Waals surface area contributed by atoms with Crippen molar-refractivity contribution in [1.29, 1.82) is 0 Å². The number of ether oxygens (including phenoxy) is 1. The van der Waals surface area contributed by atoms with Crippen molar-refractivity contribution in [2.24, 2.45) is 10.8 Å². The third-order valence-electron chi connectivity index (χ3n) is 6.02. The molecule has 0 aromatic carbocycles. The minimum atomic E-state index is -2.83. The number of aromatic nitrogens is 3. The molecular weight excluding hydrogens is 407 g/mol. The Kier molecular flexibility index (Phi) is 5.34. The molecule has 0 bridgehead atoms. The fourth-order valence-electron chi connectivity index (χ4n) is 3.61. The molecule has 1 radical (unpaired) electrons. The number of hydrogen-bond donors (Lipinski definition) is 2. The fraction of sp³-hybridized carbons (Fsp3) is 0.625. The minimum Gasteiger partial charge on any atom is -0.393 e. The van der Waals surface area contributed by atoms with Crippen LogP contribution in [0.15, 0.2) is 18.5 Å². The maximum atomic E-state index is 13.9. The van der Waals surface area contributed by atoms with Crippen molar-refractivity contribution in [2.45, 2.75) is 45.8 Å². The largest absolute Gasteiger partial charge is 0.393 e. The molecule has 2 aromatic heterocycles. The van der Waals surface area contributed by atoms with E-state index in [0.717, 1.165) is 0 Å². The van der Waals surface area contributed by atoms with Crippen LogP contribution in [0.4, 0.5) is 14.6 Å². The zero-order valence-electron chi connectivity index (χ0n) is 14.7. The molecule has 2 atom stereocenters. The van der Waals surface area contributed by atoms with Crippen molar-refractivity contribution < 1.29 is 51.3 Å². The Hall–Kier alpha value is -0.696. The number of alkyl halides is 2.